The number of likely N-dealkylation sites (tertiary alicyclic amines) is 1. The van der Waals surface area contributed by atoms with Crippen LogP contribution in [-0.4, -0.2) is 61.1 Å². The SMILES string of the molecule is CS(=O)(=O)N1C[C@@H]2CN(Cc3ccsc3)CCC[C@]2(C(=O)O)C1. The van der Waals surface area contributed by atoms with E-state index in [9.17, 15) is 18.3 Å². The van der Waals surface area contributed by atoms with Gasteiger partial charge in [0, 0.05) is 32.1 Å². The van der Waals surface area contributed by atoms with Gasteiger partial charge in [-0.25, -0.2) is 12.7 Å². The van der Waals surface area contributed by atoms with Gasteiger partial charge in [0.25, 0.3) is 0 Å². The molecule has 2 aliphatic heterocycles. The van der Waals surface area contributed by atoms with Crippen molar-refractivity contribution in [2.45, 2.75) is 19.4 Å². The van der Waals surface area contributed by atoms with Crippen molar-refractivity contribution in [3.05, 3.63) is 22.4 Å². The lowest BCUT2D eigenvalue weighted by atomic mass is 9.75. The van der Waals surface area contributed by atoms with Crippen LogP contribution in [0.25, 0.3) is 0 Å². The number of hydrogen-bond donors (Lipinski definition) is 1. The number of sulfonamides is 1. The summed E-state index contributed by atoms with van der Waals surface area (Å²) in [7, 11) is -3.36. The van der Waals surface area contributed by atoms with Gasteiger partial charge in [0.1, 0.15) is 0 Å². The maximum atomic E-state index is 12.0. The molecule has 0 saturated carbocycles. The van der Waals surface area contributed by atoms with Gasteiger partial charge in [-0.1, -0.05) is 0 Å². The highest BCUT2D eigenvalue weighted by Crippen LogP contribution is 2.43. The number of carbonyl (C=O) groups is 1. The molecule has 1 aromatic rings. The molecule has 0 unspecified atom stereocenters. The van der Waals surface area contributed by atoms with Gasteiger partial charge in [-0.05, 0) is 41.8 Å². The summed E-state index contributed by atoms with van der Waals surface area (Å²) in [4.78, 5) is 14.2. The van der Waals surface area contributed by atoms with Crippen molar-refractivity contribution in [1.29, 1.82) is 0 Å². The largest absolute Gasteiger partial charge is 0.481 e. The average molecular weight is 358 g/mol. The van der Waals surface area contributed by atoms with Gasteiger partial charge in [-0.15, -0.1) is 0 Å². The molecule has 0 amide bonds. The summed E-state index contributed by atoms with van der Waals surface area (Å²) in [5.74, 6) is -1.01. The first-order chi connectivity index (χ1) is 10.8. The second-order valence-electron chi connectivity index (χ2n) is 6.68. The van der Waals surface area contributed by atoms with E-state index in [4.69, 9.17) is 0 Å². The summed E-state index contributed by atoms with van der Waals surface area (Å²) in [6, 6.07) is 2.08. The summed E-state index contributed by atoms with van der Waals surface area (Å²) in [5, 5.41) is 14.0. The molecule has 0 radical (unpaired) electrons. The molecule has 2 aliphatic rings. The second kappa shape index (κ2) is 6.16. The van der Waals surface area contributed by atoms with Gasteiger partial charge < -0.3 is 5.11 Å². The minimum Gasteiger partial charge on any atom is -0.481 e. The van der Waals surface area contributed by atoms with Crippen LogP contribution < -0.4 is 0 Å². The fourth-order valence-corrected chi connectivity index (χ4v) is 5.43. The lowest BCUT2D eigenvalue weighted by molar-refractivity contribution is -0.150. The normalized spacial score (nSPS) is 30.0. The second-order valence-corrected chi connectivity index (χ2v) is 9.45. The number of nitrogens with zero attached hydrogens (tertiary/aromatic N) is 2. The summed E-state index contributed by atoms with van der Waals surface area (Å²) >= 11 is 1.65. The van der Waals surface area contributed by atoms with E-state index in [1.165, 1.54) is 9.87 Å². The number of aliphatic carboxylic acids is 1. The molecule has 23 heavy (non-hydrogen) atoms. The Morgan fingerprint density at radius 2 is 2.26 bits per heavy atom. The first-order valence-electron chi connectivity index (χ1n) is 7.73. The van der Waals surface area contributed by atoms with Crippen LogP contribution in [0.1, 0.15) is 18.4 Å². The highest BCUT2D eigenvalue weighted by Gasteiger charge is 2.55. The van der Waals surface area contributed by atoms with Crippen LogP contribution in [0.4, 0.5) is 0 Å². The quantitative estimate of drug-likeness (QED) is 0.878. The maximum absolute atomic E-state index is 12.0. The number of carboxylic acid groups (broad SMARTS) is 1. The van der Waals surface area contributed by atoms with Gasteiger partial charge in [-0.2, -0.15) is 11.3 Å². The summed E-state index contributed by atoms with van der Waals surface area (Å²) in [6.45, 7) is 2.71. The number of carboxylic acids is 1. The molecule has 3 rings (SSSR count). The molecule has 0 spiro atoms. The highest BCUT2D eigenvalue weighted by atomic mass is 32.2. The standard InChI is InChI=1S/C15H22N2O4S2/c1-23(20,21)17-9-13-8-16(7-12-3-6-22-10-12)5-2-4-15(13,11-17)14(18)19/h3,6,10,13H,2,4-5,7-9,11H2,1H3,(H,18,19)/t13-,15-/m0/s1. The number of fused-ring (bicyclic) bond motifs is 1. The summed E-state index contributed by atoms with van der Waals surface area (Å²) < 4.78 is 25.1. The number of thiophene rings is 1. The highest BCUT2D eigenvalue weighted by molar-refractivity contribution is 7.88. The third kappa shape index (κ3) is 3.31. The lowest BCUT2D eigenvalue weighted by Gasteiger charge is -2.29. The van der Waals surface area contributed by atoms with E-state index in [0.717, 1.165) is 25.8 Å². The predicted molar refractivity (Wildman–Crippen MR) is 88.8 cm³/mol. The van der Waals surface area contributed by atoms with Crippen LogP contribution in [0.3, 0.4) is 0 Å². The van der Waals surface area contributed by atoms with Gasteiger partial charge >= 0.3 is 5.97 Å². The fourth-order valence-electron chi connectivity index (χ4n) is 3.85. The van der Waals surface area contributed by atoms with Crippen molar-refractivity contribution in [2.24, 2.45) is 11.3 Å². The summed E-state index contributed by atoms with van der Waals surface area (Å²) in [5.41, 5.74) is 0.294. The molecule has 2 fully saturated rings. The van der Waals surface area contributed by atoms with Crippen LogP contribution in [0.2, 0.25) is 0 Å². The molecule has 8 heteroatoms. The van der Waals surface area contributed by atoms with Crippen molar-refractivity contribution in [2.75, 3.05) is 32.4 Å². The average Bonchev–Trinajstić information content (AvgIpc) is 3.04. The van der Waals surface area contributed by atoms with Gasteiger partial charge in [0.2, 0.25) is 10.0 Å². The van der Waals surface area contributed by atoms with Gasteiger partial charge in [0.15, 0.2) is 0 Å². The number of rotatable bonds is 4. The van der Waals surface area contributed by atoms with E-state index < -0.39 is 21.4 Å². The summed E-state index contributed by atoms with van der Waals surface area (Å²) in [6.07, 6.45) is 2.49. The Balaban J connectivity index is 1.82. The molecule has 0 aliphatic carbocycles. The molecular weight excluding hydrogens is 336 g/mol. The maximum Gasteiger partial charge on any atom is 0.311 e. The third-order valence-corrected chi connectivity index (χ3v) is 7.07. The lowest BCUT2D eigenvalue weighted by Crippen LogP contribution is -2.41. The molecule has 3 heterocycles. The van der Waals surface area contributed by atoms with E-state index in [1.807, 2.05) is 5.38 Å². The Morgan fingerprint density at radius 3 is 2.87 bits per heavy atom. The Morgan fingerprint density at radius 1 is 1.48 bits per heavy atom. The van der Waals surface area contributed by atoms with Gasteiger partial charge in [0.05, 0.1) is 11.7 Å². The smallest absolute Gasteiger partial charge is 0.311 e. The van der Waals surface area contributed by atoms with Crippen molar-refractivity contribution in [3.63, 3.8) is 0 Å². The first-order valence-corrected chi connectivity index (χ1v) is 10.5. The molecule has 0 aromatic carbocycles. The van der Waals surface area contributed by atoms with Crippen molar-refractivity contribution < 1.29 is 18.3 Å². The molecule has 1 aromatic heterocycles. The van der Waals surface area contributed by atoms with E-state index in [1.54, 1.807) is 11.3 Å². The Bertz CT molecular complexity index is 674. The predicted octanol–water partition coefficient (Wildman–Crippen LogP) is 1.31. The van der Waals surface area contributed by atoms with Crippen LogP contribution in [0.15, 0.2) is 16.8 Å². The van der Waals surface area contributed by atoms with E-state index in [0.29, 0.717) is 19.5 Å². The van der Waals surface area contributed by atoms with Crippen molar-refractivity contribution >= 4 is 27.3 Å². The van der Waals surface area contributed by atoms with Crippen LogP contribution >= 0.6 is 11.3 Å². The van der Waals surface area contributed by atoms with Crippen LogP contribution in [-0.2, 0) is 21.4 Å². The third-order valence-electron chi connectivity index (χ3n) is 5.12. The zero-order valence-electron chi connectivity index (χ0n) is 13.1. The minimum atomic E-state index is -3.36. The van der Waals surface area contributed by atoms with E-state index >= 15 is 0 Å². The van der Waals surface area contributed by atoms with Crippen molar-refractivity contribution in [3.8, 4) is 0 Å². The first kappa shape index (κ1) is 16.9. The van der Waals surface area contributed by atoms with Crippen molar-refractivity contribution in [1.82, 2.24) is 9.21 Å². The number of hydrogen-bond acceptors (Lipinski definition) is 5. The fraction of sp³-hybridized carbons (Fsp3) is 0.667. The molecule has 0 bridgehead atoms. The Kier molecular flexibility index (Phi) is 4.52. The topological polar surface area (TPSA) is 77.9 Å². The van der Waals surface area contributed by atoms with Gasteiger partial charge in [-0.3, -0.25) is 9.69 Å². The zero-order valence-corrected chi connectivity index (χ0v) is 14.8. The molecule has 2 atom stereocenters. The Labute approximate surface area is 140 Å². The molecule has 6 nitrogen and oxygen atoms in total. The molecule has 128 valence electrons. The minimum absolute atomic E-state index is 0.109. The Hall–Kier alpha value is -0.960. The van der Waals surface area contributed by atoms with E-state index in [2.05, 4.69) is 16.3 Å². The van der Waals surface area contributed by atoms with Crippen LogP contribution in [0, 0.1) is 11.3 Å². The molecular formula is C15H22N2O4S2. The monoisotopic (exact) mass is 358 g/mol. The van der Waals surface area contributed by atoms with E-state index in [-0.39, 0.29) is 12.5 Å². The molecule has 2 saturated heterocycles. The molecule has 1 N–H and O–H groups in total. The van der Waals surface area contributed by atoms with Crippen LogP contribution in [0.5, 0.6) is 0 Å². The zero-order chi connectivity index (χ0) is 16.7.